The van der Waals surface area contributed by atoms with E-state index in [9.17, 15) is 14.7 Å². The fourth-order valence-corrected chi connectivity index (χ4v) is 12.3. The van der Waals surface area contributed by atoms with Gasteiger partial charge in [0.25, 0.3) is 0 Å². The molecule has 0 heterocycles. The summed E-state index contributed by atoms with van der Waals surface area (Å²) in [5.74, 6) is 1.39. The Kier molecular flexibility index (Phi) is 6.62. The lowest BCUT2D eigenvalue weighted by molar-refractivity contribution is -0.250. The number of carbonyl (C=O) groups excluding carboxylic acids is 1. The van der Waals surface area contributed by atoms with Crippen molar-refractivity contribution in [1.82, 2.24) is 0 Å². The van der Waals surface area contributed by atoms with Crippen LogP contribution in [0.3, 0.4) is 0 Å². The number of alkyl halides is 1. The standard InChI is InChI=1S/C32H49BrO4/c1-19(18-33)21-10-15-32(27(35)36)17-16-30(6)22(26(21)32)8-9-24-29(5)13-12-25(37-20(2)34)28(3,4)23(29)11-14-31(24,30)7/h21-26H,1,8-18H2,2-7H3,(H,35,36)/t21-,22+,23-,24+,25-,26+,29-,30+,31+,32-/m0/s1. The molecule has 10 atom stereocenters. The Bertz CT molecular complexity index is 989. The molecule has 4 nitrogen and oxygen atoms in total. The smallest absolute Gasteiger partial charge is 0.309 e. The highest BCUT2D eigenvalue weighted by atomic mass is 79.9. The second-order valence-electron chi connectivity index (χ2n) is 15.1. The van der Waals surface area contributed by atoms with Crippen molar-refractivity contribution >= 4 is 27.9 Å². The number of hydrogen-bond donors (Lipinski definition) is 1. The molecule has 5 saturated carbocycles. The summed E-state index contributed by atoms with van der Waals surface area (Å²) in [4.78, 5) is 24.8. The molecule has 5 fully saturated rings. The number of allylic oxidation sites excluding steroid dienone is 1. The SMILES string of the molecule is C=C(CBr)[C@@H]1CC[C@]2(C(=O)O)CC[C@]3(C)[C@H](CC[C@@H]4[C@@]5(C)CC[C@H](OC(C)=O)C(C)(C)[C@@H]5CC[C@]43C)[C@@H]12. The zero-order valence-electron chi connectivity index (χ0n) is 24.0. The molecule has 0 aromatic heterocycles. The Morgan fingerprint density at radius 1 is 0.892 bits per heavy atom. The van der Waals surface area contributed by atoms with E-state index in [4.69, 9.17) is 4.74 Å². The molecule has 0 saturated heterocycles. The molecule has 37 heavy (non-hydrogen) atoms. The lowest BCUT2D eigenvalue weighted by Gasteiger charge is -2.72. The van der Waals surface area contributed by atoms with Gasteiger partial charge in [-0.15, -0.1) is 0 Å². The Hall–Kier alpha value is -0.840. The zero-order valence-corrected chi connectivity index (χ0v) is 25.6. The van der Waals surface area contributed by atoms with E-state index < -0.39 is 11.4 Å². The first kappa shape index (κ1) is 27.7. The highest BCUT2D eigenvalue weighted by Crippen LogP contribution is 2.77. The molecule has 0 bridgehead atoms. The van der Waals surface area contributed by atoms with Gasteiger partial charge in [-0.3, -0.25) is 9.59 Å². The number of aliphatic carboxylic acids is 1. The van der Waals surface area contributed by atoms with Crippen molar-refractivity contribution in [3.63, 3.8) is 0 Å². The van der Waals surface area contributed by atoms with E-state index >= 15 is 0 Å². The van der Waals surface area contributed by atoms with Gasteiger partial charge in [-0.2, -0.15) is 0 Å². The molecular weight excluding hydrogens is 528 g/mol. The topological polar surface area (TPSA) is 63.6 Å². The highest BCUT2D eigenvalue weighted by molar-refractivity contribution is 9.09. The van der Waals surface area contributed by atoms with Crippen LogP contribution in [0.2, 0.25) is 0 Å². The van der Waals surface area contributed by atoms with Crippen molar-refractivity contribution in [3.05, 3.63) is 12.2 Å². The number of rotatable bonds is 4. The summed E-state index contributed by atoms with van der Waals surface area (Å²) >= 11 is 3.66. The van der Waals surface area contributed by atoms with Crippen LogP contribution in [0, 0.1) is 56.7 Å². The lowest BCUT2D eigenvalue weighted by Crippen LogP contribution is -2.67. The third-order valence-electron chi connectivity index (χ3n) is 13.8. The third-order valence-corrected chi connectivity index (χ3v) is 14.5. The van der Waals surface area contributed by atoms with Gasteiger partial charge in [0.05, 0.1) is 5.41 Å². The summed E-state index contributed by atoms with van der Waals surface area (Å²) in [7, 11) is 0. The maximum atomic E-state index is 12.9. The minimum Gasteiger partial charge on any atom is -0.481 e. The Balaban J connectivity index is 1.52. The summed E-state index contributed by atoms with van der Waals surface area (Å²) in [6, 6.07) is 0. The minimum absolute atomic E-state index is 0.000249. The molecule has 5 rings (SSSR count). The van der Waals surface area contributed by atoms with Crippen molar-refractivity contribution in [2.24, 2.45) is 56.7 Å². The molecule has 5 aliphatic carbocycles. The quantitative estimate of drug-likeness (QED) is 0.209. The molecule has 5 aliphatic rings. The van der Waals surface area contributed by atoms with Crippen LogP contribution in [0.25, 0.3) is 0 Å². The second-order valence-corrected chi connectivity index (χ2v) is 15.6. The van der Waals surface area contributed by atoms with E-state index in [1.54, 1.807) is 6.92 Å². The molecule has 0 aromatic rings. The summed E-state index contributed by atoms with van der Waals surface area (Å²) < 4.78 is 5.89. The van der Waals surface area contributed by atoms with E-state index in [1.165, 1.54) is 24.8 Å². The molecule has 1 N–H and O–H groups in total. The Labute approximate surface area is 232 Å². The van der Waals surface area contributed by atoms with Crippen LogP contribution in [0.4, 0.5) is 0 Å². The average Bonchev–Trinajstić information content (AvgIpc) is 3.22. The third kappa shape index (κ3) is 3.56. The van der Waals surface area contributed by atoms with E-state index in [0.717, 1.165) is 50.3 Å². The van der Waals surface area contributed by atoms with Crippen LogP contribution < -0.4 is 0 Å². The Morgan fingerprint density at radius 2 is 1.59 bits per heavy atom. The van der Waals surface area contributed by atoms with Crippen molar-refractivity contribution in [1.29, 1.82) is 0 Å². The van der Waals surface area contributed by atoms with Gasteiger partial charge in [0.15, 0.2) is 0 Å². The van der Waals surface area contributed by atoms with Gasteiger partial charge in [-0.25, -0.2) is 0 Å². The van der Waals surface area contributed by atoms with Crippen LogP contribution >= 0.6 is 15.9 Å². The van der Waals surface area contributed by atoms with Gasteiger partial charge in [0.1, 0.15) is 6.10 Å². The number of carbonyl (C=O) groups is 2. The molecular formula is C32H49BrO4. The van der Waals surface area contributed by atoms with Crippen LogP contribution in [0.1, 0.15) is 106 Å². The fraction of sp³-hybridized carbons (Fsp3) is 0.875. The maximum absolute atomic E-state index is 12.9. The second kappa shape index (κ2) is 8.83. The van der Waals surface area contributed by atoms with Gasteiger partial charge in [0, 0.05) is 17.7 Å². The summed E-state index contributed by atoms with van der Waals surface area (Å²) in [6.45, 7) is 18.4. The van der Waals surface area contributed by atoms with Crippen LogP contribution in [0.5, 0.6) is 0 Å². The molecule has 0 unspecified atom stereocenters. The van der Waals surface area contributed by atoms with E-state index in [-0.39, 0.29) is 39.7 Å². The minimum atomic E-state index is -0.575. The van der Waals surface area contributed by atoms with E-state index in [0.29, 0.717) is 23.7 Å². The molecule has 0 aromatic carbocycles. The number of hydrogen-bond acceptors (Lipinski definition) is 3. The zero-order chi connectivity index (χ0) is 27.2. The number of halogens is 1. The first-order valence-corrected chi connectivity index (χ1v) is 16.0. The van der Waals surface area contributed by atoms with Crippen molar-refractivity contribution in [2.75, 3.05) is 5.33 Å². The molecule has 5 heteroatoms. The number of ether oxygens (including phenoxy) is 1. The predicted octanol–water partition coefficient (Wildman–Crippen LogP) is 8.04. The van der Waals surface area contributed by atoms with Crippen molar-refractivity contribution in [2.45, 2.75) is 112 Å². The molecule has 0 amide bonds. The monoisotopic (exact) mass is 576 g/mol. The van der Waals surface area contributed by atoms with E-state index in [1.807, 2.05) is 0 Å². The summed E-state index contributed by atoms with van der Waals surface area (Å²) in [6.07, 6.45) is 10.4. The van der Waals surface area contributed by atoms with Crippen LogP contribution in [-0.4, -0.2) is 28.5 Å². The average molecular weight is 578 g/mol. The van der Waals surface area contributed by atoms with Crippen LogP contribution in [0.15, 0.2) is 12.2 Å². The lowest BCUT2D eigenvalue weighted by atomic mass is 9.32. The van der Waals surface area contributed by atoms with E-state index in [2.05, 4.69) is 57.1 Å². The summed E-state index contributed by atoms with van der Waals surface area (Å²) in [5, 5.41) is 11.4. The first-order chi connectivity index (χ1) is 17.2. The number of carboxylic acid groups (broad SMARTS) is 1. The molecule has 0 spiro atoms. The summed E-state index contributed by atoms with van der Waals surface area (Å²) in [5.41, 5.74) is 1.14. The molecule has 0 radical (unpaired) electrons. The Morgan fingerprint density at radius 3 is 2.22 bits per heavy atom. The van der Waals surface area contributed by atoms with Crippen molar-refractivity contribution in [3.8, 4) is 0 Å². The van der Waals surface area contributed by atoms with Gasteiger partial charge in [-0.05, 0) is 110 Å². The van der Waals surface area contributed by atoms with Gasteiger partial charge in [0.2, 0.25) is 0 Å². The van der Waals surface area contributed by atoms with Crippen LogP contribution in [-0.2, 0) is 14.3 Å². The van der Waals surface area contributed by atoms with Gasteiger partial charge in [-0.1, -0.05) is 62.7 Å². The maximum Gasteiger partial charge on any atom is 0.309 e. The number of carboxylic acids is 1. The highest BCUT2D eigenvalue weighted by Gasteiger charge is 2.72. The molecule has 208 valence electrons. The van der Waals surface area contributed by atoms with Crippen molar-refractivity contribution < 1.29 is 19.4 Å². The van der Waals surface area contributed by atoms with Gasteiger partial charge < -0.3 is 9.84 Å². The normalized spacial score (nSPS) is 50.1. The predicted molar refractivity (Wildman–Crippen MR) is 150 cm³/mol. The number of fused-ring (bicyclic) bond motifs is 7. The first-order valence-electron chi connectivity index (χ1n) is 14.8. The largest absolute Gasteiger partial charge is 0.481 e. The fourth-order valence-electron chi connectivity index (χ4n) is 11.9. The number of esters is 1. The van der Waals surface area contributed by atoms with Gasteiger partial charge >= 0.3 is 11.9 Å². The molecule has 0 aliphatic heterocycles.